The Bertz CT molecular complexity index is 886. The molecule has 0 aromatic heterocycles. The second kappa shape index (κ2) is 10.4. The molecule has 1 saturated carbocycles. The SMILES string of the molecule is CC(C)NC(=O)N(C)C[C@H]1Oc2ccc(NC(=O)C3CC3)cc2C(=O)N([C@H](C)CO)C[C@@H]1C. The maximum Gasteiger partial charge on any atom is 0.317 e. The molecule has 0 bridgehead atoms. The minimum atomic E-state index is -0.391. The summed E-state index contributed by atoms with van der Waals surface area (Å²) in [4.78, 5) is 41.3. The molecule has 3 N–H and O–H groups in total. The molecule has 0 spiro atoms. The number of nitrogens with one attached hydrogen (secondary N) is 2. The molecule has 0 radical (unpaired) electrons. The minimum Gasteiger partial charge on any atom is -0.487 e. The van der Waals surface area contributed by atoms with Crippen molar-refractivity contribution in [3.63, 3.8) is 0 Å². The lowest BCUT2D eigenvalue weighted by atomic mass is 9.99. The average Bonchev–Trinajstić information content (AvgIpc) is 3.61. The van der Waals surface area contributed by atoms with Gasteiger partial charge in [-0.05, 0) is 51.8 Å². The molecule has 1 heterocycles. The highest BCUT2D eigenvalue weighted by Gasteiger charge is 2.35. The van der Waals surface area contributed by atoms with Crippen LogP contribution >= 0.6 is 0 Å². The van der Waals surface area contributed by atoms with Crippen molar-refractivity contribution in [2.75, 3.05) is 32.1 Å². The molecule has 182 valence electrons. The van der Waals surface area contributed by atoms with E-state index in [0.29, 0.717) is 30.1 Å². The molecular weight excluding hydrogens is 424 g/mol. The maximum absolute atomic E-state index is 13.4. The number of hydrogen-bond donors (Lipinski definition) is 3. The number of rotatable bonds is 7. The Labute approximate surface area is 195 Å². The number of aliphatic hydroxyl groups is 1. The van der Waals surface area contributed by atoms with Gasteiger partial charge in [-0.2, -0.15) is 0 Å². The number of ether oxygens (including phenoxy) is 1. The second-order valence-electron chi connectivity index (χ2n) is 9.58. The summed E-state index contributed by atoms with van der Waals surface area (Å²) in [7, 11) is 1.71. The molecule has 1 aromatic carbocycles. The summed E-state index contributed by atoms with van der Waals surface area (Å²) >= 11 is 0. The van der Waals surface area contributed by atoms with Crippen molar-refractivity contribution in [1.82, 2.24) is 15.1 Å². The number of amides is 4. The molecular formula is C24H36N4O5. The first kappa shape index (κ1) is 24.8. The average molecular weight is 461 g/mol. The molecule has 3 atom stereocenters. The summed E-state index contributed by atoms with van der Waals surface area (Å²) in [5, 5.41) is 15.5. The summed E-state index contributed by atoms with van der Waals surface area (Å²) in [6.45, 7) is 8.08. The monoisotopic (exact) mass is 460 g/mol. The van der Waals surface area contributed by atoms with E-state index in [-0.39, 0.29) is 48.4 Å². The molecule has 1 aromatic rings. The van der Waals surface area contributed by atoms with E-state index in [9.17, 15) is 19.5 Å². The fraction of sp³-hybridized carbons (Fsp3) is 0.625. The molecule has 1 aliphatic heterocycles. The quantitative estimate of drug-likeness (QED) is 0.578. The zero-order valence-electron chi connectivity index (χ0n) is 20.1. The van der Waals surface area contributed by atoms with Gasteiger partial charge in [-0.3, -0.25) is 9.59 Å². The zero-order chi connectivity index (χ0) is 24.3. The van der Waals surface area contributed by atoms with Crippen molar-refractivity contribution in [1.29, 1.82) is 0 Å². The molecule has 2 aliphatic rings. The molecule has 1 aliphatic carbocycles. The number of benzene rings is 1. The number of fused-ring (bicyclic) bond motifs is 1. The third-order valence-electron chi connectivity index (χ3n) is 6.09. The zero-order valence-corrected chi connectivity index (χ0v) is 20.1. The van der Waals surface area contributed by atoms with Crippen LogP contribution in [0.15, 0.2) is 18.2 Å². The van der Waals surface area contributed by atoms with E-state index >= 15 is 0 Å². The van der Waals surface area contributed by atoms with Gasteiger partial charge in [-0.15, -0.1) is 0 Å². The standard InChI is InChI=1S/C24H36N4O5/c1-14(2)25-24(32)27(5)12-21-15(3)11-28(16(4)13-29)23(31)19-10-18(8-9-20(19)33-21)26-22(30)17-6-7-17/h8-10,14-17,21,29H,6-7,11-13H2,1-5H3,(H,25,32)(H,26,30)/t15-,16+,21+/m0/s1. The summed E-state index contributed by atoms with van der Waals surface area (Å²) < 4.78 is 6.28. The minimum absolute atomic E-state index is 0.0131. The van der Waals surface area contributed by atoms with Crippen molar-refractivity contribution in [2.24, 2.45) is 11.8 Å². The third-order valence-corrected chi connectivity index (χ3v) is 6.09. The van der Waals surface area contributed by atoms with Crippen molar-refractivity contribution >= 4 is 23.5 Å². The molecule has 0 saturated heterocycles. The molecule has 9 nitrogen and oxygen atoms in total. The van der Waals surface area contributed by atoms with Crippen LogP contribution in [-0.4, -0.2) is 77.7 Å². The fourth-order valence-corrected chi connectivity index (χ4v) is 3.82. The van der Waals surface area contributed by atoms with Crippen LogP contribution in [0.1, 0.15) is 50.9 Å². The maximum atomic E-state index is 13.4. The Morgan fingerprint density at radius 1 is 1.27 bits per heavy atom. The third kappa shape index (κ3) is 6.16. The van der Waals surface area contributed by atoms with Crippen LogP contribution in [0.2, 0.25) is 0 Å². The van der Waals surface area contributed by atoms with E-state index in [1.54, 1.807) is 42.0 Å². The summed E-state index contributed by atoms with van der Waals surface area (Å²) in [5.74, 6) is 0.0420. The van der Waals surface area contributed by atoms with E-state index in [2.05, 4.69) is 10.6 Å². The van der Waals surface area contributed by atoms with Gasteiger partial charge in [0.2, 0.25) is 5.91 Å². The predicted octanol–water partition coefficient (Wildman–Crippen LogP) is 2.30. The van der Waals surface area contributed by atoms with Crippen molar-refractivity contribution in [2.45, 2.75) is 58.7 Å². The number of hydrogen-bond acceptors (Lipinski definition) is 5. The highest BCUT2D eigenvalue weighted by molar-refractivity contribution is 6.00. The van der Waals surface area contributed by atoms with Crippen LogP contribution in [-0.2, 0) is 4.79 Å². The first-order valence-electron chi connectivity index (χ1n) is 11.7. The van der Waals surface area contributed by atoms with Gasteiger partial charge in [-0.25, -0.2) is 4.79 Å². The fourth-order valence-electron chi connectivity index (χ4n) is 3.82. The molecule has 1 fully saturated rings. The first-order chi connectivity index (χ1) is 15.6. The Kier molecular flexibility index (Phi) is 7.84. The number of anilines is 1. The van der Waals surface area contributed by atoms with E-state index < -0.39 is 6.04 Å². The predicted molar refractivity (Wildman–Crippen MR) is 125 cm³/mol. The van der Waals surface area contributed by atoms with Crippen LogP contribution in [0.25, 0.3) is 0 Å². The van der Waals surface area contributed by atoms with E-state index in [4.69, 9.17) is 4.74 Å². The Morgan fingerprint density at radius 2 is 1.97 bits per heavy atom. The molecule has 0 unspecified atom stereocenters. The van der Waals surface area contributed by atoms with Gasteiger partial charge in [0.25, 0.3) is 5.91 Å². The van der Waals surface area contributed by atoms with Crippen LogP contribution in [0.5, 0.6) is 5.75 Å². The van der Waals surface area contributed by atoms with E-state index in [1.807, 2.05) is 20.8 Å². The second-order valence-corrected chi connectivity index (χ2v) is 9.58. The number of urea groups is 1. The van der Waals surface area contributed by atoms with Gasteiger partial charge in [0.05, 0.1) is 24.8 Å². The van der Waals surface area contributed by atoms with Gasteiger partial charge in [0.1, 0.15) is 11.9 Å². The van der Waals surface area contributed by atoms with Crippen LogP contribution in [0.4, 0.5) is 10.5 Å². The van der Waals surface area contributed by atoms with Crippen LogP contribution in [0.3, 0.4) is 0 Å². The Balaban J connectivity index is 1.89. The van der Waals surface area contributed by atoms with Gasteiger partial charge in [0.15, 0.2) is 0 Å². The lowest BCUT2D eigenvalue weighted by molar-refractivity contribution is -0.117. The number of nitrogens with zero attached hydrogens (tertiary/aromatic N) is 2. The summed E-state index contributed by atoms with van der Waals surface area (Å²) in [5.41, 5.74) is 0.868. The number of carbonyl (C=O) groups excluding carboxylic acids is 3. The largest absolute Gasteiger partial charge is 0.487 e. The van der Waals surface area contributed by atoms with Gasteiger partial charge < -0.3 is 30.3 Å². The highest BCUT2D eigenvalue weighted by atomic mass is 16.5. The molecule has 3 rings (SSSR count). The van der Waals surface area contributed by atoms with Crippen LogP contribution < -0.4 is 15.4 Å². The lowest BCUT2D eigenvalue weighted by Crippen LogP contribution is -2.51. The van der Waals surface area contributed by atoms with E-state index in [0.717, 1.165) is 12.8 Å². The number of aliphatic hydroxyl groups excluding tert-OH is 1. The van der Waals surface area contributed by atoms with Crippen LogP contribution in [0, 0.1) is 11.8 Å². The highest BCUT2D eigenvalue weighted by Crippen LogP contribution is 2.33. The van der Waals surface area contributed by atoms with Crippen molar-refractivity contribution in [3.8, 4) is 5.75 Å². The molecule has 9 heteroatoms. The Hall–Kier alpha value is -2.81. The van der Waals surface area contributed by atoms with E-state index in [1.165, 1.54) is 0 Å². The smallest absolute Gasteiger partial charge is 0.317 e. The topological polar surface area (TPSA) is 111 Å². The molecule has 33 heavy (non-hydrogen) atoms. The molecule has 4 amide bonds. The first-order valence-corrected chi connectivity index (χ1v) is 11.7. The normalized spacial score (nSPS) is 21.4. The lowest BCUT2D eigenvalue weighted by Gasteiger charge is -2.38. The summed E-state index contributed by atoms with van der Waals surface area (Å²) in [6, 6.07) is 4.48. The number of carbonyl (C=O) groups is 3. The summed E-state index contributed by atoms with van der Waals surface area (Å²) in [6.07, 6.45) is 1.40. The van der Waals surface area contributed by atoms with Gasteiger partial charge in [0, 0.05) is 37.2 Å². The Morgan fingerprint density at radius 3 is 2.58 bits per heavy atom. The van der Waals surface area contributed by atoms with Crippen molar-refractivity contribution < 1.29 is 24.2 Å². The van der Waals surface area contributed by atoms with Gasteiger partial charge >= 0.3 is 6.03 Å². The van der Waals surface area contributed by atoms with Crippen molar-refractivity contribution in [3.05, 3.63) is 23.8 Å². The number of likely N-dealkylation sites (N-methyl/N-ethyl adjacent to an activating group) is 1. The van der Waals surface area contributed by atoms with Gasteiger partial charge in [-0.1, -0.05) is 6.92 Å².